The minimum absolute atomic E-state index is 0.331. The minimum atomic E-state index is -1.04. The Hall–Kier alpha value is -2.67. The fourth-order valence-corrected chi connectivity index (χ4v) is 2.93. The van der Waals surface area contributed by atoms with Crippen LogP contribution in [0.1, 0.15) is 19.4 Å². The number of carbonyl (C=O) groups excluding carboxylic acids is 1. The molecule has 0 bridgehead atoms. The molecule has 0 unspecified atom stereocenters. The molecular formula is C17H15FN4OS. The van der Waals surface area contributed by atoms with E-state index in [0.29, 0.717) is 21.4 Å². The number of anilines is 1. The van der Waals surface area contributed by atoms with Crippen LogP contribution in [0.15, 0.2) is 48.7 Å². The number of amides is 1. The van der Waals surface area contributed by atoms with Gasteiger partial charge in [0.25, 0.3) is 0 Å². The molecule has 0 fully saturated rings. The maximum Gasteiger partial charge on any atom is 0.236 e. The first kappa shape index (κ1) is 16.2. The number of pyridine rings is 1. The third-order valence-electron chi connectivity index (χ3n) is 3.64. The molecule has 24 heavy (non-hydrogen) atoms. The van der Waals surface area contributed by atoms with E-state index in [1.807, 2.05) is 18.2 Å². The Bertz CT molecular complexity index is 864. The van der Waals surface area contributed by atoms with Gasteiger partial charge in [0.1, 0.15) is 11.5 Å². The topological polar surface area (TPSA) is 67.8 Å². The number of hydrogen-bond acceptors (Lipinski definition) is 5. The first-order chi connectivity index (χ1) is 11.5. The van der Waals surface area contributed by atoms with E-state index in [4.69, 9.17) is 0 Å². The van der Waals surface area contributed by atoms with Crippen LogP contribution in [0.3, 0.4) is 0 Å². The number of benzene rings is 1. The first-order valence-electron chi connectivity index (χ1n) is 7.30. The minimum Gasteiger partial charge on any atom is -0.300 e. The summed E-state index contributed by atoms with van der Waals surface area (Å²) in [6.45, 7) is 3.34. The summed E-state index contributed by atoms with van der Waals surface area (Å²) in [5, 5.41) is 11.7. The highest BCUT2D eigenvalue weighted by Crippen LogP contribution is 2.29. The summed E-state index contributed by atoms with van der Waals surface area (Å²) in [7, 11) is 0. The van der Waals surface area contributed by atoms with Gasteiger partial charge in [-0.2, -0.15) is 0 Å². The molecule has 122 valence electrons. The lowest BCUT2D eigenvalue weighted by atomic mass is 9.83. The Morgan fingerprint density at radius 2 is 1.88 bits per heavy atom. The number of rotatable bonds is 4. The molecule has 7 heteroatoms. The van der Waals surface area contributed by atoms with Crippen LogP contribution in [0.5, 0.6) is 0 Å². The molecule has 0 aliphatic heterocycles. The molecule has 0 spiro atoms. The zero-order chi connectivity index (χ0) is 17.2. The Morgan fingerprint density at radius 3 is 2.58 bits per heavy atom. The molecule has 3 aromatic rings. The third-order valence-corrected chi connectivity index (χ3v) is 4.51. The molecule has 1 aromatic carbocycles. The van der Waals surface area contributed by atoms with Gasteiger partial charge in [0.05, 0.1) is 5.41 Å². The van der Waals surface area contributed by atoms with Crippen LogP contribution in [0.4, 0.5) is 9.52 Å². The van der Waals surface area contributed by atoms with Crippen molar-refractivity contribution in [1.29, 1.82) is 0 Å². The lowest BCUT2D eigenvalue weighted by Crippen LogP contribution is -2.35. The number of aromatic nitrogens is 3. The zero-order valence-corrected chi connectivity index (χ0v) is 14.0. The van der Waals surface area contributed by atoms with Crippen molar-refractivity contribution in [1.82, 2.24) is 15.2 Å². The highest BCUT2D eigenvalue weighted by atomic mass is 32.1. The second-order valence-electron chi connectivity index (χ2n) is 5.69. The predicted molar refractivity (Wildman–Crippen MR) is 91.2 cm³/mol. The van der Waals surface area contributed by atoms with Crippen LogP contribution < -0.4 is 5.32 Å². The summed E-state index contributed by atoms with van der Waals surface area (Å²) in [5.41, 5.74) is -0.0249. The maximum absolute atomic E-state index is 14.0. The fraction of sp³-hybridized carbons (Fsp3) is 0.176. The Balaban J connectivity index is 1.80. The van der Waals surface area contributed by atoms with E-state index in [0.717, 1.165) is 0 Å². The molecule has 0 aliphatic carbocycles. The number of halogens is 1. The maximum atomic E-state index is 14.0. The van der Waals surface area contributed by atoms with Crippen LogP contribution in [-0.2, 0) is 10.2 Å². The Labute approximate surface area is 142 Å². The van der Waals surface area contributed by atoms with Gasteiger partial charge in [0.15, 0.2) is 5.01 Å². The molecule has 1 amide bonds. The number of carbonyl (C=O) groups is 1. The molecule has 0 radical (unpaired) electrons. The molecule has 1 N–H and O–H groups in total. The van der Waals surface area contributed by atoms with Crippen LogP contribution >= 0.6 is 11.3 Å². The van der Waals surface area contributed by atoms with Gasteiger partial charge in [-0.15, -0.1) is 10.2 Å². The normalized spacial score (nSPS) is 11.3. The number of nitrogens with zero attached hydrogens (tertiary/aromatic N) is 3. The molecule has 0 atom stereocenters. The summed E-state index contributed by atoms with van der Waals surface area (Å²) >= 11 is 1.22. The average Bonchev–Trinajstić information content (AvgIpc) is 3.04. The van der Waals surface area contributed by atoms with E-state index in [1.165, 1.54) is 17.4 Å². The third kappa shape index (κ3) is 3.16. The van der Waals surface area contributed by atoms with Crippen LogP contribution in [0, 0.1) is 5.82 Å². The van der Waals surface area contributed by atoms with Crippen molar-refractivity contribution in [2.75, 3.05) is 5.32 Å². The molecule has 2 aromatic heterocycles. The molecule has 3 rings (SSSR count). The lowest BCUT2D eigenvalue weighted by Gasteiger charge is -2.23. The predicted octanol–water partition coefficient (Wildman–Crippen LogP) is 3.66. The second-order valence-corrected chi connectivity index (χ2v) is 6.66. The van der Waals surface area contributed by atoms with E-state index in [2.05, 4.69) is 20.5 Å². The lowest BCUT2D eigenvalue weighted by molar-refractivity contribution is -0.120. The summed E-state index contributed by atoms with van der Waals surface area (Å²) in [6.07, 6.45) is 1.66. The average molecular weight is 342 g/mol. The van der Waals surface area contributed by atoms with Crippen molar-refractivity contribution in [2.24, 2.45) is 0 Å². The summed E-state index contributed by atoms with van der Waals surface area (Å²) < 4.78 is 14.0. The van der Waals surface area contributed by atoms with Crippen LogP contribution in [0.25, 0.3) is 10.7 Å². The van der Waals surface area contributed by atoms with Gasteiger partial charge in [-0.1, -0.05) is 35.6 Å². The monoisotopic (exact) mass is 342 g/mol. The van der Waals surface area contributed by atoms with Gasteiger partial charge in [0.2, 0.25) is 11.0 Å². The Kier molecular flexibility index (Phi) is 4.35. The highest BCUT2D eigenvalue weighted by Gasteiger charge is 2.33. The smallest absolute Gasteiger partial charge is 0.236 e. The van der Waals surface area contributed by atoms with Gasteiger partial charge in [-0.25, -0.2) is 4.39 Å². The molecule has 2 heterocycles. The molecule has 0 saturated carbocycles. The van der Waals surface area contributed by atoms with Crippen molar-refractivity contribution >= 4 is 22.4 Å². The van der Waals surface area contributed by atoms with Gasteiger partial charge in [0, 0.05) is 11.8 Å². The standard InChI is InChI=1S/C17H15FN4OS/c1-17(2,11-7-3-4-8-12(11)18)15(23)20-16-22-21-14(24-16)13-9-5-6-10-19-13/h3-10H,1-2H3,(H,20,22,23). The van der Waals surface area contributed by atoms with Crippen LogP contribution in [-0.4, -0.2) is 21.1 Å². The largest absolute Gasteiger partial charge is 0.300 e. The molecule has 5 nitrogen and oxygen atoms in total. The first-order valence-corrected chi connectivity index (χ1v) is 8.11. The summed E-state index contributed by atoms with van der Waals surface area (Å²) in [6, 6.07) is 11.7. The van der Waals surface area contributed by atoms with E-state index < -0.39 is 11.2 Å². The van der Waals surface area contributed by atoms with Crippen LogP contribution in [0.2, 0.25) is 0 Å². The van der Waals surface area contributed by atoms with E-state index >= 15 is 0 Å². The molecule has 0 saturated heterocycles. The summed E-state index contributed by atoms with van der Waals surface area (Å²) in [5.74, 6) is -0.764. The molecule has 0 aliphatic rings. The van der Waals surface area contributed by atoms with Gasteiger partial charge in [-0.05, 0) is 32.0 Å². The molecular weight excluding hydrogens is 327 g/mol. The van der Waals surface area contributed by atoms with E-state index in [9.17, 15) is 9.18 Å². The van der Waals surface area contributed by atoms with Crippen molar-refractivity contribution in [3.05, 3.63) is 60.0 Å². The van der Waals surface area contributed by atoms with Crippen molar-refractivity contribution in [3.63, 3.8) is 0 Å². The van der Waals surface area contributed by atoms with Crippen molar-refractivity contribution < 1.29 is 9.18 Å². The number of nitrogens with one attached hydrogen (secondary N) is 1. The zero-order valence-electron chi connectivity index (χ0n) is 13.2. The van der Waals surface area contributed by atoms with E-state index in [-0.39, 0.29) is 5.91 Å². The van der Waals surface area contributed by atoms with Gasteiger partial charge >= 0.3 is 0 Å². The quantitative estimate of drug-likeness (QED) is 0.786. The Morgan fingerprint density at radius 1 is 1.12 bits per heavy atom. The van der Waals surface area contributed by atoms with Gasteiger partial charge in [-0.3, -0.25) is 15.1 Å². The number of hydrogen-bond donors (Lipinski definition) is 1. The van der Waals surface area contributed by atoms with Crippen molar-refractivity contribution in [2.45, 2.75) is 19.3 Å². The highest BCUT2D eigenvalue weighted by molar-refractivity contribution is 7.18. The fourth-order valence-electron chi connectivity index (χ4n) is 2.21. The second kappa shape index (κ2) is 6.45. The van der Waals surface area contributed by atoms with E-state index in [1.54, 1.807) is 38.2 Å². The van der Waals surface area contributed by atoms with Crippen molar-refractivity contribution in [3.8, 4) is 10.7 Å². The van der Waals surface area contributed by atoms with Gasteiger partial charge < -0.3 is 0 Å². The SMILES string of the molecule is CC(C)(C(=O)Nc1nnc(-c2ccccn2)s1)c1ccccc1F. The summed E-state index contributed by atoms with van der Waals surface area (Å²) in [4.78, 5) is 16.8.